The topological polar surface area (TPSA) is 58.6 Å². The van der Waals surface area contributed by atoms with Crippen molar-refractivity contribution >= 4 is 23.2 Å². The second-order valence-electron chi connectivity index (χ2n) is 8.41. The van der Waals surface area contributed by atoms with E-state index < -0.39 is 6.10 Å². The number of carbonyl (C=O) groups is 2. The number of benzene rings is 3. The molecule has 1 aliphatic rings. The lowest BCUT2D eigenvalue weighted by Crippen LogP contribution is -2.44. The molecular formula is C28H30N2O3. The van der Waals surface area contributed by atoms with Crippen LogP contribution >= 0.6 is 0 Å². The molecule has 1 atom stereocenters. The molecule has 3 aromatic carbocycles. The van der Waals surface area contributed by atoms with Gasteiger partial charge in [-0.1, -0.05) is 74.0 Å². The van der Waals surface area contributed by atoms with Crippen LogP contribution in [0.4, 0.5) is 11.4 Å². The molecule has 3 aromatic rings. The van der Waals surface area contributed by atoms with Crippen LogP contribution in [0.3, 0.4) is 0 Å². The first kappa shape index (κ1) is 22.6. The van der Waals surface area contributed by atoms with Crippen molar-refractivity contribution in [2.24, 2.45) is 0 Å². The average Bonchev–Trinajstić information content (AvgIpc) is 2.84. The number of hydrogen-bond donors (Lipinski definition) is 1. The van der Waals surface area contributed by atoms with Gasteiger partial charge in [0.15, 0.2) is 6.10 Å². The Bertz CT molecular complexity index is 1060. The molecule has 0 saturated heterocycles. The number of ether oxygens (including phenoxy) is 1. The molecule has 0 aliphatic carbocycles. The van der Waals surface area contributed by atoms with Gasteiger partial charge in [0.1, 0.15) is 5.75 Å². The largest absolute Gasteiger partial charge is 0.479 e. The highest BCUT2D eigenvalue weighted by atomic mass is 16.5. The summed E-state index contributed by atoms with van der Waals surface area (Å²) >= 11 is 0. The van der Waals surface area contributed by atoms with Crippen molar-refractivity contribution in [3.8, 4) is 5.75 Å². The number of fused-ring (bicyclic) bond motifs is 1. The smallest absolute Gasteiger partial charge is 0.267 e. The van der Waals surface area contributed by atoms with E-state index >= 15 is 0 Å². The standard InChI is InChI=1S/C28H30N2O3/c1-3-4-17-30-25-18-23(15-16-26(25)33-20(2)28(30)32)29-27(31)19-24(21-11-7-5-8-12-21)22-13-9-6-10-14-22/h5-16,18,20,24H,3-4,17,19H2,1-2H3,(H,29,31). The van der Waals surface area contributed by atoms with Gasteiger partial charge in [-0.2, -0.15) is 0 Å². The Morgan fingerprint density at radius 3 is 2.24 bits per heavy atom. The van der Waals surface area contributed by atoms with Gasteiger partial charge in [-0.05, 0) is 42.7 Å². The summed E-state index contributed by atoms with van der Waals surface area (Å²) in [6, 6.07) is 25.7. The third-order valence-corrected chi connectivity index (χ3v) is 5.98. The molecule has 1 heterocycles. The second kappa shape index (κ2) is 10.3. The lowest BCUT2D eigenvalue weighted by Gasteiger charge is -2.33. The molecule has 0 fully saturated rings. The fourth-order valence-corrected chi connectivity index (χ4v) is 4.23. The van der Waals surface area contributed by atoms with Gasteiger partial charge < -0.3 is 15.0 Å². The maximum absolute atomic E-state index is 13.1. The van der Waals surface area contributed by atoms with Gasteiger partial charge in [0, 0.05) is 24.6 Å². The predicted molar refractivity (Wildman–Crippen MR) is 132 cm³/mol. The minimum Gasteiger partial charge on any atom is -0.479 e. The van der Waals surface area contributed by atoms with Crippen LogP contribution in [-0.4, -0.2) is 24.5 Å². The highest BCUT2D eigenvalue weighted by Gasteiger charge is 2.31. The first-order valence-electron chi connectivity index (χ1n) is 11.6. The number of nitrogens with one attached hydrogen (secondary N) is 1. The van der Waals surface area contributed by atoms with Crippen LogP contribution in [0.15, 0.2) is 78.9 Å². The first-order valence-corrected chi connectivity index (χ1v) is 11.6. The molecule has 33 heavy (non-hydrogen) atoms. The van der Waals surface area contributed by atoms with Gasteiger partial charge in [0.25, 0.3) is 5.91 Å². The molecule has 5 nitrogen and oxygen atoms in total. The summed E-state index contributed by atoms with van der Waals surface area (Å²) in [5, 5.41) is 3.03. The number of hydrogen-bond acceptors (Lipinski definition) is 3. The van der Waals surface area contributed by atoms with Gasteiger partial charge in [-0.15, -0.1) is 0 Å². The third kappa shape index (κ3) is 5.25. The summed E-state index contributed by atoms with van der Waals surface area (Å²) in [6.45, 7) is 4.51. The Kier molecular flexibility index (Phi) is 7.08. The fraction of sp³-hybridized carbons (Fsp3) is 0.286. The van der Waals surface area contributed by atoms with E-state index in [9.17, 15) is 9.59 Å². The Hall–Kier alpha value is -3.60. The molecule has 0 bridgehead atoms. The van der Waals surface area contributed by atoms with Gasteiger partial charge in [-0.25, -0.2) is 0 Å². The van der Waals surface area contributed by atoms with Gasteiger partial charge >= 0.3 is 0 Å². The molecule has 170 valence electrons. The van der Waals surface area contributed by atoms with Crippen molar-refractivity contribution in [3.05, 3.63) is 90.0 Å². The number of unbranched alkanes of at least 4 members (excludes halogenated alkanes) is 1. The minimum absolute atomic E-state index is 0.0446. The zero-order valence-corrected chi connectivity index (χ0v) is 19.2. The zero-order valence-electron chi connectivity index (χ0n) is 19.2. The fourth-order valence-electron chi connectivity index (χ4n) is 4.23. The molecule has 0 aromatic heterocycles. The Morgan fingerprint density at radius 1 is 1.00 bits per heavy atom. The van der Waals surface area contributed by atoms with Crippen molar-refractivity contribution in [3.63, 3.8) is 0 Å². The Morgan fingerprint density at radius 2 is 1.64 bits per heavy atom. The predicted octanol–water partition coefficient (Wildman–Crippen LogP) is 5.76. The van der Waals surface area contributed by atoms with Crippen LogP contribution in [0.25, 0.3) is 0 Å². The molecular weight excluding hydrogens is 412 g/mol. The van der Waals surface area contributed by atoms with Crippen LogP contribution in [0, 0.1) is 0 Å². The zero-order chi connectivity index (χ0) is 23.2. The Balaban J connectivity index is 1.54. The molecule has 5 heteroatoms. The SMILES string of the molecule is CCCCN1C(=O)C(C)Oc2ccc(NC(=O)CC(c3ccccc3)c3ccccc3)cc21. The van der Waals surface area contributed by atoms with E-state index in [1.807, 2.05) is 54.6 Å². The monoisotopic (exact) mass is 442 g/mol. The number of carbonyl (C=O) groups excluding carboxylic acids is 2. The van der Waals surface area contributed by atoms with E-state index in [1.165, 1.54) is 0 Å². The van der Waals surface area contributed by atoms with E-state index in [0.29, 0.717) is 30.1 Å². The molecule has 1 unspecified atom stereocenters. The maximum atomic E-state index is 13.1. The molecule has 0 spiro atoms. The average molecular weight is 443 g/mol. The van der Waals surface area contributed by atoms with Gasteiger partial charge in [0.2, 0.25) is 5.91 Å². The quantitative estimate of drug-likeness (QED) is 0.482. The van der Waals surface area contributed by atoms with E-state index in [1.54, 1.807) is 11.8 Å². The Labute approximate surface area is 195 Å². The van der Waals surface area contributed by atoms with Crippen molar-refractivity contribution in [1.82, 2.24) is 0 Å². The molecule has 0 saturated carbocycles. The maximum Gasteiger partial charge on any atom is 0.267 e. The normalized spacial score (nSPS) is 15.2. The lowest BCUT2D eigenvalue weighted by molar-refractivity contribution is -0.125. The summed E-state index contributed by atoms with van der Waals surface area (Å²) in [4.78, 5) is 27.6. The van der Waals surface area contributed by atoms with E-state index in [4.69, 9.17) is 4.74 Å². The van der Waals surface area contributed by atoms with E-state index in [-0.39, 0.29) is 17.7 Å². The van der Waals surface area contributed by atoms with E-state index in [2.05, 4.69) is 36.5 Å². The molecule has 4 rings (SSSR count). The van der Waals surface area contributed by atoms with Crippen LogP contribution in [0.2, 0.25) is 0 Å². The van der Waals surface area contributed by atoms with Crippen LogP contribution in [0.5, 0.6) is 5.75 Å². The first-order chi connectivity index (χ1) is 16.1. The number of nitrogens with zero attached hydrogens (tertiary/aromatic N) is 1. The van der Waals surface area contributed by atoms with Crippen molar-refractivity contribution in [2.75, 3.05) is 16.8 Å². The number of rotatable bonds is 8. The summed E-state index contributed by atoms with van der Waals surface area (Å²) in [5.74, 6) is 0.497. The molecule has 2 amide bonds. The summed E-state index contributed by atoms with van der Waals surface area (Å²) in [5.41, 5.74) is 3.57. The van der Waals surface area contributed by atoms with Crippen molar-refractivity contribution < 1.29 is 14.3 Å². The summed E-state index contributed by atoms with van der Waals surface area (Å²) in [7, 11) is 0. The molecule has 1 N–H and O–H groups in total. The van der Waals surface area contributed by atoms with Gasteiger partial charge in [0.05, 0.1) is 5.69 Å². The van der Waals surface area contributed by atoms with Crippen LogP contribution in [-0.2, 0) is 9.59 Å². The molecule has 0 radical (unpaired) electrons. The lowest BCUT2D eigenvalue weighted by atomic mass is 9.88. The second-order valence-corrected chi connectivity index (χ2v) is 8.41. The van der Waals surface area contributed by atoms with Crippen LogP contribution in [0.1, 0.15) is 50.2 Å². The van der Waals surface area contributed by atoms with Crippen molar-refractivity contribution in [2.45, 2.75) is 45.1 Å². The van der Waals surface area contributed by atoms with Crippen LogP contribution < -0.4 is 15.0 Å². The summed E-state index contributed by atoms with van der Waals surface area (Å²) < 4.78 is 5.79. The minimum atomic E-state index is -0.507. The highest BCUT2D eigenvalue weighted by molar-refractivity contribution is 6.01. The highest BCUT2D eigenvalue weighted by Crippen LogP contribution is 2.37. The van der Waals surface area contributed by atoms with E-state index in [0.717, 1.165) is 24.0 Å². The van der Waals surface area contributed by atoms with Gasteiger partial charge in [-0.3, -0.25) is 9.59 Å². The van der Waals surface area contributed by atoms with Crippen molar-refractivity contribution in [1.29, 1.82) is 0 Å². The third-order valence-electron chi connectivity index (χ3n) is 5.98. The molecule has 1 aliphatic heterocycles. The number of amides is 2. The summed E-state index contributed by atoms with van der Waals surface area (Å²) in [6.07, 6.45) is 1.71. The number of anilines is 2.